The van der Waals surface area contributed by atoms with Crippen molar-refractivity contribution in [3.8, 4) is 5.82 Å². The molecule has 0 unspecified atom stereocenters. The standard InChI is InChI=1S/C15H18N4O2/c20-15(9-13-3-1-8-21-13)17-11-12-4-5-14(16-10-12)19-7-2-6-18-19/h2,4-7,10,13H,1,3,8-9,11H2,(H,17,20)/t13-/m0/s1. The summed E-state index contributed by atoms with van der Waals surface area (Å²) in [5.41, 5.74) is 0.964. The van der Waals surface area contributed by atoms with Gasteiger partial charge in [-0.05, 0) is 30.5 Å². The highest BCUT2D eigenvalue weighted by molar-refractivity contribution is 5.76. The fourth-order valence-electron chi connectivity index (χ4n) is 2.35. The first kappa shape index (κ1) is 13.8. The molecule has 0 saturated carbocycles. The molecule has 1 saturated heterocycles. The van der Waals surface area contributed by atoms with Gasteiger partial charge in [-0.3, -0.25) is 4.79 Å². The molecule has 0 aromatic carbocycles. The number of amides is 1. The van der Waals surface area contributed by atoms with Crippen LogP contribution in [0, 0.1) is 0 Å². The predicted octanol–water partition coefficient (Wildman–Crippen LogP) is 1.45. The van der Waals surface area contributed by atoms with Crippen LogP contribution in [0.25, 0.3) is 5.82 Å². The average Bonchev–Trinajstić information content (AvgIpc) is 3.19. The maximum Gasteiger partial charge on any atom is 0.222 e. The zero-order valence-electron chi connectivity index (χ0n) is 11.7. The molecule has 0 bridgehead atoms. The summed E-state index contributed by atoms with van der Waals surface area (Å²) in [5.74, 6) is 0.785. The summed E-state index contributed by atoms with van der Waals surface area (Å²) >= 11 is 0. The number of carbonyl (C=O) groups excluding carboxylic acids is 1. The lowest BCUT2D eigenvalue weighted by atomic mass is 10.2. The van der Waals surface area contributed by atoms with E-state index in [1.165, 1.54) is 0 Å². The summed E-state index contributed by atoms with van der Waals surface area (Å²) in [7, 11) is 0. The first-order valence-electron chi connectivity index (χ1n) is 7.14. The predicted molar refractivity (Wildman–Crippen MR) is 76.8 cm³/mol. The Kier molecular flexibility index (Phi) is 4.25. The highest BCUT2D eigenvalue weighted by Gasteiger charge is 2.18. The van der Waals surface area contributed by atoms with Gasteiger partial charge in [-0.25, -0.2) is 9.67 Å². The fourth-order valence-corrected chi connectivity index (χ4v) is 2.35. The summed E-state index contributed by atoms with van der Waals surface area (Å²) in [6, 6.07) is 5.67. The third-order valence-electron chi connectivity index (χ3n) is 3.47. The lowest BCUT2D eigenvalue weighted by Crippen LogP contribution is -2.26. The summed E-state index contributed by atoms with van der Waals surface area (Å²) in [5, 5.41) is 7.02. The normalized spacial score (nSPS) is 17.8. The number of pyridine rings is 1. The third-order valence-corrected chi connectivity index (χ3v) is 3.47. The topological polar surface area (TPSA) is 69.0 Å². The van der Waals surface area contributed by atoms with E-state index in [9.17, 15) is 4.79 Å². The van der Waals surface area contributed by atoms with Crippen molar-refractivity contribution in [2.75, 3.05) is 6.61 Å². The van der Waals surface area contributed by atoms with E-state index in [1.807, 2.05) is 24.4 Å². The Labute approximate surface area is 123 Å². The molecule has 2 aromatic heterocycles. The Hall–Kier alpha value is -2.21. The first-order valence-corrected chi connectivity index (χ1v) is 7.14. The Morgan fingerprint density at radius 1 is 1.48 bits per heavy atom. The summed E-state index contributed by atoms with van der Waals surface area (Å²) in [6.07, 6.45) is 7.86. The van der Waals surface area contributed by atoms with Crippen LogP contribution >= 0.6 is 0 Å². The number of carbonyl (C=O) groups is 1. The van der Waals surface area contributed by atoms with Crippen molar-refractivity contribution in [3.05, 3.63) is 42.4 Å². The maximum atomic E-state index is 11.8. The molecule has 0 radical (unpaired) electrons. The van der Waals surface area contributed by atoms with Gasteiger partial charge in [0.2, 0.25) is 5.91 Å². The van der Waals surface area contributed by atoms with Crippen molar-refractivity contribution in [2.45, 2.75) is 31.9 Å². The Balaban J connectivity index is 1.50. The smallest absolute Gasteiger partial charge is 0.222 e. The Bertz CT molecular complexity index is 574. The van der Waals surface area contributed by atoms with E-state index < -0.39 is 0 Å². The number of rotatable bonds is 5. The zero-order valence-corrected chi connectivity index (χ0v) is 11.7. The SMILES string of the molecule is O=C(C[C@@H]1CCCO1)NCc1ccc(-n2cccn2)nc1. The second-order valence-electron chi connectivity index (χ2n) is 5.09. The van der Waals surface area contributed by atoms with Gasteiger partial charge >= 0.3 is 0 Å². The van der Waals surface area contributed by atoms with Gasteiger partial charge in [-0.15, -0.1) is 0 Å². The molecule has 1 N–H and O–H groups in total. The van der Waals surface area contributed by atoms with Crippen molar-refractivity contribution in [1.82, 2.24) is 20.1 Å². The van der Waals surface area contributed by atoms with Gasteiger partial charge in [-0.2, -0.15) is 5.10 Å². The number of ether oxygens (including phenoxy) is 1. The van der Waals surface area contributed by atoms with E-state index in [0.717, 1.165) is 30.8 Å². The van der Waals surface area contributed by atoms with Crippen molar-refractivity contribution >= 4 is 5.91 Å². The van der Waals surface area contributed by atoms with Gasteiger partial charge in [0.05, 0.1) is 12.5 Å². The molecule has 1 aliphatic heterocycles. The molecule has 1 aliphatic rings. The number of hydrogen-bond acceptors (Lipinski definition) is 4. The van der Waals surface area contributed by atoms with Crippen molar-refractivity contribution in [1.29, 1.82) is 0 Å². The molecule has 21 heavy (non-hydrogen) atoms. The molecule has 6 nitrogen and oxygen atoms in total. The monoisotopic (exact) mass is 286 g/mol. The molecule has 0 spiro atoms. The minimum absolute atomic E-state index is 0.0260. The molecular weight excluding hydrogens is 268 g/mol. The second-order valence-corrected chi connectivity index (χ2v) is 5.09. The molecule has 2 aromatic rings. The zero-order chi connectivity index (χ0) is 14.5. The van der Waals surface area contributed by atoms with Gasteiger partial charge in [-0.1, -0.05) is 6.07 Å². The number of aromatic nitrogens is 3. The van der Waals surface area contributed by atoms with E-state index in [1.54, 1.807) is 17.1 Å². The third kappa shape index (κ3) is 3.66. The molecule has 1 amide bonds. The van der Waals surface area contributed by atoms with E-state index >= 15 is 0 Å². The van der Waals surface area contributed by atoms with Gasteiger partial charge in [0, 0.05) is 31.7 Å². The molecule has 1 fully saturated rings. The summed E-state index contributed by atoms with van der Waals surface area (Å²) in [4.78, 5) is 16.1. The minimum atomic E-state index is 0.0260. The quantitative estimate of drug-likeness (QED) is 0.903. The first-order chi connectivity index (χ1) is 10.3. The van der Waals surface area contributed by atoms with E-state index in [4.69, 9.17) is 4.74 Å². The second kappa shape index (κ2) is 6.49. The molecule has 3 rings (SSSR count). The van der Waals surface area contributed by atoms with Gasteiger partial charge in [0.15, 0.2) is 5.82 Å². The minimum Gasteiger partial charge on any atom is -0.378 e. The van der Waals surface area contributed by atoms with Gasteiger partial charge < -0.3 is 10.1 Å². The van der Waals surface area contributed by atoms with Crippen molar-refractivity contribution in [2.24, 2.45) is 0 Å². The van der Waals surface area contributed by atoms with E-state index in [2.05, 4.69) is 15.4 Å². The van der Waals surface area contributed by atoms with Gasteiger partial charge in [0.25, 0.3) is 0 Å². The maximum absolute atomic E-state index is 11.8. The van der Waals surface area contributed by atoms with Crippen LogP contribution in [0.15, 0.2) is 36.8 Å². The lowest BCUT2D eigenvalue weighted by molar-refractivity contribution is -0.123. The van der Waals surface area contributed by atoms with E-state index in [-0.39, 0.29) is 12.0 Å². The van der Waals surface area contributed by atoms with Crippen LogP contribution in [-0.2, 0) is 16.1 Å². The van der Waals surface area contributed by atoms with Crippen molar-refractivity contribution in [3.63, 3.8) is 0 Å². The molecule has 3 heterocycles. The van der Waals surface area contributed by atoms with Crippen LogP contribution in [0.4, 0.5) is 0 Å². The molecule has 1 atom stereocenters. The van der Waals surface area contributed by atoms with Crippen LogP contribution in [-0.4, -0.2) is 33.4 Å². The van der Waals surface area contributed by atoms with Crippen LogP contribution in [0.1, 0.15) is 24.8 Å². The number of nitrogens with zero attached hydrogens (tertiary/aromatic N) is 3. The van der Waals surface area contributed by atoms with Gasteiger partial charge in [0.1, 0.15) is 0 Å². The van der Waals surface area contributed by atoms with Crippen LogP contribution < -0.4 is 5.32 Å². The van der Waals surface area contributed by atoms with E-state index in [0.29, 0.717) is 13.0 Å². The number of nitrogens with one attached hydrogen (secondary N) is 1. The lowest BCUT2D eigenvalue weighted by Gasteiger charge is -2.10. The Morgan fingerprint density at radius 2 is 2.43 bits per heavy atom. The van der Waals surface area contributed by atoms with Crippen LogP contribution in [0.5, 0.6) is 0 Å². The summed E-state index contributed by atoms with van der Waals surface area (Å²) < 4.78 is 7.14. The molecule has 110 valence electrons. The molecule has 0 aliphatic carbocycles. The highest BCUT2D eigenvalue weighted by atomic mass is 16.5. The highest BCUT2D eigenvalue weighted by Crippen LogP contribution is 2.15. The Morgan fingerprint density at radius 3 is 3.10 bits per heavy atom. The molecular formula is C15H18N4O2. The number of hydrogen-bond donors (Lipinski definition) is 1. The largest absolute Gasteiger partial charge is 0.378 e. The van der Waals surface area contributed by atoms with Crippen LogP contribution in [0.2, 0.25) is 0 Å². The fraction of sp³-hybridized carbons (Fsp3) is 0.400. The molecule has 6 heteroatoms. The average molecular weight is 286 g/mol. The summed E-state index contributed by atoms with van der Waals surface area (Å²) in [6.45, 7) is 1.26. The van der Waals surface area contributed by atoms with Crippen molar-refractivity contribution < 1.29 is 9.53 Å². The van der Waals surface area contributed by atoms with Crippen LogP contribution in [0.3, 0.4) is 0 Å².